The Morgan fingerprint density at radius 1 is 1.62 bits per heavy atom. The number of esters is 1. The van der Waals surface area contributed by atoms with Crippen LogP contribution in [0.1, 0.15) is 26.4 Å². The summed E-state index contributed by atoms with van der Waals surface area (Å²) < 4.78 is 4.50. The van der Waals surface area contributed by atoms with Crippen molar-refractivity contribution in [3.05, 3.63) is 29.1 Å². The van der Waals surface area contributed by atoms with Gasteiger partial charge in [0.15, 0.2) is 6.29 Å². The first-order chi connectivity index (χ1) is 6.19. The fourth-order valence-electron chi connectivity index (χ4n) is 0.947. The molecular weight excluding hydrogens is 170 g/mol. The standard InChI is InChI=1S/C9H9NO3/c1-6-3-7(9(12)13-2)8(5-11)10-4-6/h3-5H,1-2H3. The number of carbonyl (C=O) groups excluding carboxylic acids is 2. The maximum absolute atomic E-state index is 11.1. The zero-order valence-corrected chi connectivity index (χ0v) is 7.40. The maximum atomic E-state index is 11.1. The molecule has 0 radical (unpaired) electrons. The Morgan fingerprint density at radius 3 is 2.85 bits per heavy atom. The van der Waals surface area contributed by atoms with Gasteiger partial charge >= 0.3 is 5.97 Å². The number of aromatic nitrogens is 1. The molecule has 0 amide bonds. The van der Waals surface area contributed by atoms with Crippen molar-refractivity contribution in [2.24, 2.45) is 0 Å². The van der Waals surface area contributed by atoms with Crippen LogP contribution in [0.15, 0.2) is 12.3 Å². The van der Waals surface area contributed by atoms with E-state index in [0.29, 0.717) is 6.29 Å². The van der Waals surface area contributed by atoms with Crippen LogP contribution in [0.5, 0.6) is 0 Å². The molecule has 0 atom stereocenters. The van der Waals surface area contributed by atoms with E-state index in [1.165, 1.54) is 13.3 Å². The number of aryl methyl sites for hydroxylation is 1. The first kappa shape index (κ1) is 9.38. The number of hydrogen-bond donors (Lipinski definition) is 0. The molecule has 4 nitrogen and oxygen atoms in total. The van der Waals surface area contributed by atoms with E-state index >= 15 is 0 Å². The highest BCUT2D eigenvalue weighted by Gasteiger charge is 2.12. The van der Waals surface area contributed by atoms with Gasteiger partial charge in [-0.25, -0.2) is 4.79 Å². The third-order valence-electron chi connectivity index (χ3n) is 1.57. The molecule has 0 spiro atoms. The van der Waals surface area contributed by atoms with E-state index in [4.69, 9.17) is 0 Å². The minimum atomic E-state index is -0.543. The van der Waals surface area contributed by atoms with Gasteiger partial charge in [0, 0.05) is 6.20 Å². The molecule has 1 aromatic rings. The monoisotopic (exact) mass is 179 g/mol. The van der Waals surface area contributed by atoms with Crippen molar-refractivity contribution in [2.45, 2.75) is 6.92 Å². The molecule has 0 N–H and O–H groups in total. The van der Waals surface area contributed by atoms with Crippen LogP contribution in [0, 0.1) is 6.92 Å². The fourth-order valence-corrected chi connectivity index (χ4v) is 0.947. The van der Waals surface area contributed by atoms with Crippen LogP contribution in [0.25, 0.3) is 0 Å². The van der Waals surface area contributed by atoms with Crippen LogP contribution in [0.2, 0.25) is 0 Å². The summed E-state index contributed by atoms with van der Waals surface area (Å²) in [6.45, 7) is 1.79. The second-order valence-electron chi connectivity index (χ2n) is 2.55. The highest BCUT2D eigenvalue weighted by Crippen LogP contribution is 2.07. The molecule has 0 aromatic carbocycles. The normalized spacial score (nSPS) is 9.38. The van der Waals surface area contributed by atoms with E-state index in [1.54, 1.807) is 13.0 Å². The van der Waals surface area contributed by atoms with Crippen LogP contribution < -0.4 is 0 Å². The smallest absolute Gasteiger partial charge is 0.340 e. The molecule has 0 aliphatic rings. The Hall–Kier alpha value is -1.71. The van der Waals surface area contributed by atoms with Crippen LogP contribution in [-0.4, -0.2) is 24.3 Å². The van der Waals surface area contributed by atoms with E-state index in [0.717, 1.165) is 5.56 Å². The lowest BCUT2D eigenvalue weighted by Crippen LogP contribution is -2.07. The Bertz CT molecular complexity index is 347. The topological polar surface area (TPSA) is 56.3 Å². The average Bonchev–Trinajstić information content (AvgIpc) is 2.16. The number of hydrogen-bond acceptors (Lipinski definition) is 4. The second kappa shape index (κ2) is 3.80. The molecule has 1 rings (SSSR count). The molecule has 1 aromatic heterocycles. The lowest BCUT2D eigenvalue weighted by atomic mass is 10.1. The number of pyridine rings is 1. The van der Waals surface area contributed by atoms with Gasteiger partial charge in [-0.05, 0) is 18.6 Å². The number of ether oxygens (including phenoxy) is 1. The van der Waals surface area contributed by atoms with E-state index in [-0.39, 0.29) is 11.3 Å². The fraction of sp³-hybridized carbons (Fsp3) is 0.222. The van der Waals surface area contributed by atoms with Crippen molar-refractivity contribution in [3.63, 3.8) is 0 Å². The molecule has 13 heavy (non-hydrogen) atoms. The van der Waals surface area contributed by atoms with Gasteiger partial charge in [0.05, 0.1) is 12.7 Å². The first-order valence-electron chi connectivity index (χ1n) is 3.69. The molecule has 0 bridgehead atoms. The minimum Gasteiger partial charge on any atom is -0.465 e. The van der Waals surface area contributed by atoms with E-state index < -0.39 is 5.97 Å². The summed E-state index contributed by atoms with van der Waals surface area (Å²) >= 11 is 0. The lowest BCUT2D eigenvalue weighted by Gasteiger charge is -2.02. The third kappa shape index (κ3) is 1.90. The van der Waals surface area contributed by atoms with Crippen molar-refractivity contribution in [1.82, 2.24) is 4.98 Å². The molecule has 0 saturated heterocycles. The molecule has 4 heteroatoms. The van der Waals surface area contributed by atoms with Crippen LogP contribution in [0.3, 0.4) is 0 Å². The number of rotatable bonds is 2. The quantitative estimate of drug-likeness (QED) is 0.501. The molecule has 68 valence electrons. The number of methoxy groups -OCH3 is 1. The molecule has 1 heterocycles. The van der Waals surface area contributed by atoms with E-state index in [1.807, 2.05) is 0 Å². The summed E-state index contributed by atoms with van der Waals surface area (Å²) in [6, 6.07) is 1.57. The Morgan fingerprint density at radius 2 is 2.31 bits per heavy atom. The molecule has 0 saturated carbocycles. The number of aldehydes is 1. The second-order valence-corrected chi connectivity index (χ2v) is 2.55. The Balaban J connectivity index is 3.23. The zero-order valence-electron chi connectivity index (χ0n) is 7.40. The molecule has 0 unspecified atom stereocenters. The molecule has 0 aliphatic heterocycles. The van der Waals surface area contributed by atoms with Crippen LogP contribution >= 0.6 is 0 Å². The van der Waals surface area contributed by atoms with Gasteiger partial charge in [0.1, 0.15) is 5.69 Å². The minimum absolute atomic E-state index is 0.109. The van der Waals surface area contributed by atoms with Crippen molar-refractivity contribution in [2.75, 3.05) is 7.11 Å². The predicted octanol–water partition coefficient (Wildman–Crippen LogP) is 0.989. The van der Waals surface area contributed by atoms with Gasteiger partial charge in [-0.3, -0.25) is 9.78 Å². The number of carbonyl (C=O) groups is 2. The molecule has 0 fully saturated rings. The van der Waals surface area contributed by atoms with E-state index in [2.05, 4.69) is 9.72 Å². The van der Waals surface area contributed by atoms with Gasteiger partial charge in [0.25, 0.3) is 0 Å². The van der Waals surface area contributed by atoms with E-state index in [9.17, 15) is 9.59 Å². The summed E-state index contributed by atoms with van der Waals surface area (Å²) in [7, 11) is 1.26. The van der Waals surface area contributed by atoms with Crippen molar-refractivity contribution >= 4 is 12.3 Å². The summed E-state index contributed by atoms with van der Waals surface area (Å²) in [6.07, 6.45) is 2.06. The summed E-state index contributed by atoms with van der Waals surface area (Å²) in [5.74, 6) is -0.543. The van der Waals surface area contributed by atoms with Gasteiger partial charge in [-0.15, -0.1) is 0 Å². The van der Waals surface area contributed by atoms with Crippen LogP contribution in [0.4, 0.5) is 0 Å². The zero-order chi connectivity index (χ0) is 9.84. The lowest BCUT2D eigenvalue weighted by molar-refractivity contribution is 0.0597. The third-order valence-corrected chi connectivity index (χ3v) is 1.57. The Labute approximate surface area is 75.5 Å². The van der Waals surface area contributed by atoms with Crippen molar-refractivity contribution in [3.8, 4) is 0 Å². The SMILES string of the molecule is COC(=O)c1cc(C)cnc1C=O. The molecule has 0 aliphatic carbocycles. The highest BCUT2D eigenvalue weighted by molar-refractivity contribution is 5.97. The largest absolute Gasteiger partial charge is 0.465 e. The maximum Gasteiger partial charge on any atom is 0.340 e. The average molecular weight is 179 g/mol. The number of nitrogens with zero attached hydrogens (tertiary/aromatic N) is 1. The van der Waals surface area contributed by atoms with Crippen LogP contribution in [-0.2, 0) is 4.74 Å². The first-order valence-corrected chi connectivity index (χ1v) is 3.69. The molecular formula is C9H9NO3. The highest BCUT2D eigenvalue weighted by atomic mass is 16.5. The summed E-state index contributed by atoms with van der Waals surface area (Å²) in [4.78, 5) is 25.4. The summed E-state index contributed by atoms with van der Waals surface area (Å²) in [5, 5.41) is 0. The summed E-state index contributed by atoms with van der Waals surface area (Å²) in [5.41, 5.74) is 1.13. The van der Waals surface area contributed by atoms with Gasteiger partial charge in [-0.1, -0.05) is 0 Å². The Kier molecular flexibility index (Phi) is 2.74. The van der Waals surface area contributed by atoms with Crippen molar-refractivity contribution in [1.29, 1.82) is 0 Å². The van der Waals surface area contributed by atoms with Gasteiger partial charge in [-0.2, -0.15) is 0 Å². The van der Waals surface area contributed by atoms with Gasteiger partial charge < -0.3 is 4.74 Å². The van der Waals surface area contributed by atoms with Gasteiger partial charge in [0.2, 0.25) is 0 Å². The van der Waals surface area contributed by atoms with Crippen molar-refractivity contribution < 1.29 is 14.3 Å². The predicted molar refractivity (Wildman–Crippen MR) is 45.7 cm³/mol.